The van der Waals surface area contributed by atoms with Crippen molar-refractivity contribution in [3.8, 4) is 0 Å². The van der Waals surface area contributed by atoms with Gasteiger partial charge in [0, 0.05) is 30.9 Å². The molecule has 0 aliphatic carbocycles. The maximum atomic E-state index is 13.5. The van der Waals surface area contributed by atoms with E-state index in [9.17, 15) is 18.0 Å². The monoisotopic (exact) mass is 473 g/mol. The van der Waals surface area contributed by atoms with Crippen LogP contribution < -0.4 is 15.1 Å². The first-order valence-corrected chi connectivity index (χ1v) is 11.0. The van der Waals surface area contributed by atoms with E-state index in [2.05, 4.69) is 20.4 Å². The summed E-state index contributed by atoms with van der Waals surface area (Å²) in [4.78, 5) is 25.5. The summed E-state index contributed by atoms with van der Waals surface area (Å²) in [6.07, 6.45) is 4.97. The van der Waals surface area contributed by atoms with Crippen LogP contribution in [0.2, 0.25) is 0 Å². The van der Waals surface area contributed by atoms with Crippen molar-refractivity contribution in [1.29, 1.82) is 0 Å². The van der Waals surface area contributed by atoms with Gasteiger partial charge in [0.1, 0.15) is 11.7 Å². The first-order chi connectivity index (χ1) is 16.2. The lowest BCUT2D eigenvalue weighted by Gasteiger charge is -2.42. The van der Waals surface area contributed by atoms with Crippen LogP contribution in [-0.4, -0.2) is 44.3 Å². The van der Waals surface area contributed by atoms with Gasteiger partial charge in [-0.25, -0.2) is 18.2 Å². The predicted molar refractivity (Wildman–Crippen MR) is 122 cm³/mol. The number of carbonyl (C=O) groups excluding carboxylic acids is 1. The first kappa shape index (κ1) is 23.5. The number of hydrogen-bond donors (Lipinski definition) is 1. The van der Waals surface area contributed by atoms with E-state index in [1.807, 2.05) is 32.6 Å². The molecule has 1 N–H and O–H groups in total. The molecule has 4 rings (SSSR count). The third-order valence-corrected chi connectivity index (χ3v) is 5.72. The Morgan fingerprint density at radius 2 is 1.82 bits per heavy atom. The van der Waals surface area contributed by atoms with Crippen molar-refractivity contribution in [2.75, 3.05) is 21.7 Å². The van der Waals surface area contributed by atoms with E-state index in [0.29, 0.717) is 30.5 Å². The Hall–Kier alpha value is -3.63. The molecule has 3 aromatic rings. The molecule has 1 atom stereocenters. The van der Waals surface area contributed by atoms with Crippen molar-refractivity contribution >= 4 is 23.4 Å². The molecular weight excluding hydrogens is 447 g/mol. The van der Waals surface area contributed by atoms with Crippen molar-refractivity contribution in [3.63, 3.8) is 0 Å². The lowest BCUT2D eigenvalue weighted by molar-refractivity contribution is -0.119. The average molecular weight is 474 g/mol. The van der Waals surface area contributed by atoms with Gasteiger partial charge in [-0.05, 0) is 45.4 Å². The molecule has 8 nitrogen and oxygen atoms in total. The standard InChI is InChI=1S/C23H26F3N7O/c1-5-32-19-10-28-23(30-21(19)33(13(2)3)14(4)22(32)34)27-8-16-9-29-31(12-16)11-15-6-17(24)20(26)18(25)7-15/h6-7,9-10,12-14H,5,8,11H2,1-4H3,(H,27,28,30)/t14-/m1/s1. The smallest absolute Gasteiger partial charge is 0.249 e. The number of aromatic nitrogens is 4. The Morgan fingerprint density at radius 3 is 2.47 bits per heavy atom. The molecule has 34 heavy (non-hydrogen) atoms. The highest BCUT2D eigenvalue weighted by Crippen LogP contribution is 2.35. The van der Waals surface area contributed by atoms with Crippen LogP contribution in [-0.2, 0) is 17.9 Å². The minimum absolute atomic E-state index is 0.0151. The molecule has 0 unspecified atom stereocenters. The SMILES string of the molecule is CCN1C(=O)[C@@H](C)N(C(C)C)c2nc(NCc3cnn(Cc4cc(F)c(F)c(F)c4)c3)ncc21. The molecule has 0 saturated heterocycles. The van der Waals surface area contributed by atoms with Crippen LogP contribution in [0.5, 0.6) is 0 Å². The highest BCUT2D eigenvalue weighted by Gasteiger charge is 2.37. The third-order valence-electron chi connectivity index (χ3n) is 5.72. The summed E-state index contributed by atoms with van der Waals surface area (Å²) >= 11 is 0. The molecule has 0 bridgehead atoms. The van der Waals surface area contributed by atoms with Gasteiger partial charge in [0.15, 0.2) is 23.3 Å². The maximum Gasteiger partial charge on any atom is 0.249 e. The number of nitrogens with zero attached hydrogens (tertiary/aromatic N) is 6. The van der Waals surface area contributed by atoms with Crippen molar-refractivity contribution < 1.29 is 18.0 Å². The van der Waals surface area contributed by atoms with Crippen molar-refractivity contribution in [2.45, 2.75) is 52.9 Å². The van der Waals surface area contributed by atoms with Crippen LogP contribution in [0.1, 0.15) is 38.8 Å². The van der Waals surface area contributed by atoms with Crippen LogP contribution in [0.25, 0.3) is 0 Å². The molecular formula is C23H26F3N7O. The summed E-state index contributed by atoms with van der Waals surface area (Å²) in [5.41, 5.74) is 1.73. The Bertz CT molecular complexity index is 1190. The molecule has 1 aliphatic heterocycles. The van der Waals surface area contributed by atoms with Gasteiger partial charge >= 0.3 is 0 Å². The quantitative estimate of drug-likeness (QED) is 0.527. The van der Waals surface area contributed by atoms with Gasteiger partial charge in [-0.2, -0.15) is 10.1 Å². The number of halogens is 3. The molecule has 0 fully saturated rings. The lowest BCUT2D eigenvalue weighted by atomic mass is 10.1. The van der Waals surface area contributed by atoms with Gasteiger partial charge in [0.25, 0.3) is 0 Å². The minimum Gasteiger partial charge on any atom is -0.350 e. The fourth-order valence-corrected chi connectivity index (χ4v) is 4.15. The molecule has 2 aromatic heterocycles. The number of fused-ring (bicyclic) bond motifs is 1. The summed E-state index contributed by atoms with van der Waals surface area (Å²) in [5, 5.41) is 7.35. The maximum absolute atomic E-state index is 13.5. The predicted octanol–water partition coefficient (Wildman–Crippen LogP) is 3.72. The lowest BCUT2D eigenvalue weighted by Crippen LogP contribution is -2.54. The van der Waals surface area contributed by atoms with E-state index < -0.39 is 17.5 Å². The van der Waals surface area contributed by atoms with E-state index in [1.165, 1.54) is 4.68 Å². The second-order valence-electron chi connectivity index (χ2n) is 8.44. The number of benzene rings is 1. The van der Waals surface area contributed by atoms with Gasteiger partial charge in [0.05, 0.1) is 18.9 Å². The number of rotatable bonds is 7. The first-order valence-electron chi connectivity index (χ1n) is 11.0. The average Bonchev–Trinajstić information content (AvgIpc) is 3.24. The molecule has 1 amide bonds. The number of nitrogens with one attached hydrogen (secondary N) is 1. The Morgan fingerprint density at radius 1 is 1.12 bits per heavy atom. The molecule has 180 valence electrons. The van der Waals surface area contributed by atoms with Crippen molar-refractivity contribution in [2.24, 2.45) is 0 Å². The van der Waals surface area contributed by atoms with Crippen LogP contribution in [0.15, 0.2) is 30.7 Å². The number of amides is 1. The van der Waals surface area contributed by atoms with Gasteiger partial charge in [-0.1, -0.05) is 0 Å². The molecule has 1 aromatic carbocycles. The van der Waals surface area contributed by atoms with Crippen molar-refractivity contribution in [3.05, 3.63) is 59.3 Å². The van der Waals surface area contributed by atoms with Crippen LogP contribution in [0, 0.1) is 17.5 Å². The summed E-state index contributed by atoms with van der Waals surface area (Å²) in [7, 11) is 0. The van der Waals surface area contributed by atoms with Crippen LogP contribution in [0.4, 0.5) is 30.6 Å². The zero-order valence-electron chi connectivity index (χ0n) is 19.4. The van der Waals surface area contributed by atoms with Gasteiger partial charge in [0.2, 0.25) is 11.9 Å². The van der Waals surface area contributed by atoms with E-state index in [1.54, 1.807) is 23.5 Å². The molecule has 0 spiro atoms. The Balaban J connectivity index is 1.49. The second kappa shape index (κ2) is 9.32. The highest BCUT2D eigenvalue weighted by atomic mass is 19.2. The zero-order chi connectivity index (χ0) is 24.6. The van der Waals surface area contributed by atoms with Gasteiger partial charge in [-0.15, -0.1) is 0 Å². The highest BCUT2D eigenvalue weighted by molar-refractivity contribution is 6.04. The van der Waals surface area contributed by atoms with Gasteiger partial charge in [-0.3, -0.25) is 9.48 Å². The molecule has 0 radical (unpaired) electrons. The number of carbonyl (C=O) groups is 1. The Kier molecular flexibility index (Phi) is 6.45. The molecule has 1 aliphatic rings. The second-order valence-corrected chi connectivity index (χ2v) is 8.44. The van der Waals surface area contributed by atoms with E-state index >= 15 is 0 Å². The number of hydrogen-bond acceptors (Lipinski definition) is 6. The third kappa shape index (κ3) is 4.42. The Labute approximate surface area is 195 Å². The normalized spacial score (nSPS) is 15.8. The van der Waals surface area contributed by atoms with Gasteiger partial charge < -0.3 is 15.1 Å². The zero-order valence-corrected chi connectivity index (χ0v) is 19.4. The minimum atomic E-state index is -1.49. The largest absolute Gasteiger partial charge is 0.350 e. The topological polar surface area (TPSA) is 79.2 Å². The fraction of sp³-hybridized carbons (Fsp3) is 0.391. The number of likely N-dealkylation sites (N-methyl/N-ethyl adjacent to an activating group) is 1. The molecule has 3 heterocycles. The summed E-state index contributed by atoms with van der Waals surface area (Å²) < 4.78 is 41.6. The van der Waals surface area contributed by atoms with E-state index in [0.717, 1.165) is 17.7 Å². The van der Waals surface area contributed by atoms with Crippen LogP contribution in [0.3, 0.4) is 0 Å². The fourth-order valence-electron chi connectivity index (χ4n) is 4.15. The summed E-state index contributed by atoms with van der Waals surface area (Å²) in [6.45, 7) is 8.78. The van der Waals surface area contributed by atoms with E-state index in [4.69, 9.17) is 0 Å². The molecule has 0 saturated carbocycles. The summed E-state index contributed by atoms with van der Waals surface area (Å²) in [6, 6.07) is 1.63. The van der Waals surface area contributed by atoms with Crippen LogP contribution >= 0.6 is 0 Å². The molecule has 11 heteroatoms. The van der Waals surface area contributed by atoms with Crippen molar-refractivity contribution in [1.82, 2.24) is 19.7 Å². The van der Waals surface area contributed by atoms with E-state index in [-0.39, 0.29) is 30.1 Å². The number of anilines is 3. The summed E-state index contributed by atoms with van der Waals surface area (Å²) in [5.74, 6) is -2.85.